The van der Waals surface area contributed by atoms with Crippen LogP contribution in [-0.2, 0) is 0 Å². The zero-order chi connectivity index (χ0) is 14.9. The predicted molar refractivity (Wildman–Crippen MR) is 73.5 cm³/mol. The highest BCUT2D eigenvalue weighted by Gasteiger charge is 2.20. The molecule has 7 heteroatoms. The minimum atomic E-state index is -0.828. The number of nitrogens with zero attached hydrogens (tertiary/aromatic N) is 1. The van der Waals surface area contributed by atoms with Gasteiger partial charge >= 0.3 is 0 Å². The summed E-state index contributed by atoms with van der Waals surface area (Å²) >= 11 is 5.66. The van der Waals surface area contributed by atoms with Gasteiger partial charge in [0.15, 0.2) is 0 Å². The standard InChI is InChI=1S/C13H12ClFN2O3/c1-7-3-4-13(20-7)8(2)16-11-5-9(14)10(15)6-12(11)17(18)19/h3-6,8,16H,1-2H3. The SMILES string of the molecule is Cc1ccc(C(C)Nc2cc(Cl)c(F)cc2[N+](=O)[O-])o1. The summed E-state index contributed by atoms with van der Waals surface area (Å²) in [5, 5.41) is 13.7. The highest BCUT2D eigenvalue weighted by molar-refractivity contribution is 6.31. The van der Waals surface area contributed by atoms with Crippen LogP contribution in [0, 0.1) is 22.9 Å². The number of nitrogens with one attached hydrogen (secondary N) is 1. The van der Waals surface area contributed by atoms with E-state index >= 15 is 0 Å². The van der Waals surface area contributed by atoms with Gasteiger partial charge in [0.2, 0.25) is 0 Å². The number of benzene rings is 1. The molecule has 1 atom stereocenters. The quantitative estimate of drug-likeness (QED) is 0.668. The zero-order valence-electron chi connectivity index (χ0n) is 10.8. The van der Waals surface area contributed by atoms with Gasteiger partial charge in [-0.15, -0.1) is 0 Å². The van der Waals surface area contributed by atoms with Crippen LogP contribution < -0.4 is 5.32 Å². The maximum Gasteiger partial charge on any atom is 0.295 e. The molecule has 2 aromatic rings. The van der Waals surface area contributed by atoms with E-state index in [1.807, 2.05) is 0 Å². The number of hydrogen-bond donors (Lipinski definition) is 1. The molecule has 1 unspecified atom stereocenters. The van der Waals surface area contributed by atoms with Gasteiger partial charge in [-0.25, -0.2) is 4.39 Å². The minimum absolute atomic E-state index is 0.142. The third-order valence-electron chi connectivity index (χ3n) is 2.80. The Balaban J connectivity index is 2.33. The van der Waals surface area contributed by atoms with Crippen molar-refractivity contribution in [1.82, 2.24) is 0 Å². The number of hydrogen-bond acceptors (Lipinski definition) is 4. The molecule has 106 valence electrons. The lowest BCUT2D eigenvalue weighted by Gasteiger charge is -2.13. The Kier molecular flexibility index (Phi) is 3.94. The molecule has 0 saturated heterocycles. The van der Waals surface area contributed by atoms with Crippen molar-refractivity contribution in [3.05, 3.63) is 56.7 Å². The van der Waals surface area contributed by atoms with Gasteiger partial charge in [-0.1, -0.05) is 11.6 Å². The highest BCUT2D eigenvalue weighted by atomic mass is 35.5. The molecule has 1 aromatic carbocycles. The first-order valence-corrected chi connectivity index (χ1v) is 6.22. The molecule has 5 nitrogen and oxygen atoms in total. The number of furan rings is 1. The summed E-state index contributed by atoms with van der Waals surface area (Å²) < 4.78 is 18.7. The van der Waals surface area contributed by atoms with Crippen LogP contribution in [0.25, 0.3) is 0 Å². The van der Waals surface area contributed by atoms with E-state index in [1.165, 1.54) is 6.07 Å². The lowest BCUT2D eigenvalue weighted by atomic mass is 10.2. The molecule has 2 rings (SSSR count). The normalized spacial score (nSPS) is 12.2. The molecule has 0 radical (unpaired) electrons. The molecule has 0 aliphatic carbocycles. The van der Waals surface area contributed by atoms with Gasteiger partial charge in [0, 0.05) is 0 Å². The lowest BCUT2D eigenvalue weighted by Crippen LogP contribution is -2.08. The average molecular weight is 299 g/mol. The summed E-state index contributed by atoms with van der Waals surface area (Å²) in [5.74, 6) is 0.531. The number of aryl methyl sites for hydroxylation is 1. The van der Waals surface area contributed by atoms with Crippen LogP contribution >= 0.6 is 11.6 Å². The van der Waals surface area contributed by atoms with Crippen LogP contribution in [0.2, 0.25) is 5.02 Å². The van der Waals surface area contributed by atoms with E-state index < -0.39 is 10.7 Å². The monoisotopic (exact) mass is 298 g/mol. The van der Waals surface area contributed by atoms with Gasteiger partial charge in [-0.2, -0.15) is 0 Å². The van der Waals surface area contributed by atoms with Crippen molar-refractivity contribution in [3.63, 3.8) is 0 Å². The number of rotatable bonds is 4. The minimum Gasteiger partial charge on any atom is -0.464 e. The van der Waals surface area contributed by atoms with Gasteiger partial charge < -0.3 is 9.73 Å². The first-order chi connectivity index (χ1) is 9.38. The molecule has 0 fully saturated rings. The van der Waals surface area contributed by atoms with Crippen molar-refractivity contribution in [2.24, 2.45) is 0 Å². The van der Waals surface area contributed by atoms with Crippen molar-refractivity contribution in [1.29, 1.82) is 0 Å². The van der Waals surface area contributed by atoms with Crippen LogP contribution in [0.3, 0.4) is 0 Å². The second kappa shape index (κ2) is 5.50. The summed E-state index contributed by atoms with van der Waals surface area (Å²) in [7, 11) is 0. The number of nitro groups is 1. The van der Waals surface area contributed by atoms with Crippen molar-refractivity contribution >= 4 is 23.0 Å². The summed E-state index contributed by atoms with van der Waals surface area (Å²) in [6.45, 7) is 3.58. The van der Waals surface area contributed by atoms with Crippen LogP contribution in [0.15, 0.2) is 28.7 Å². The number of nitro benzene ring substituents is 1. The third kappa shape index (κ3) is 2.91. The summed E-state index contributed by atoms with van der Waals surface area (Å²) in [6, 6.07) is 5.24. The van der Waals surface area contributed by atoms with Crippen molar-refractivity contribution in [3.8, 4) is 0 Å². The lowest BCUT2D eigenvalue weighted by molar-refractivity contribution is -0.384. The highest BCUT2D eigenvalue weighted by Crippen LogP contribution is 2.33. The fraction of sp³-hybridized carbons (Fsp3) is 0.231. The van der Waals surface area contributed by atoms with E-state index in [-0.39, 0.29) is 22.4 Å². The Hall–Kier alpha value is -2.08. The molecule has 0 amide bonds. The number of anilines is 1. The van der Waals surface area contributed by atoms with Gasteiger partial charge in [0.05, 0.1) is 22.1 Å². The molecule has 1 heterocycles. The molecule has 20 heavy (non-hydrogen) atoms. The Labute approximate surface area is 119 Å². The Bertz CT molecular complexity index is 657. The van der Waals surface area contributed by atoms with Crippen LogP contribution in [-0.4, -0.2) is 4.92 Å². The second-order valence-corrected chi connectivity index (χ2v) is 4.76. The second-order valence-electron chi connectivity index (χ2n) is 4.36. The van der Waals surface area contributed by atoms with Crippen molar-refractivity contribution < 1.29 is 13.7 Å². The van der Waals surface area contributed by atoms with E-state index in [9.17, 15) is 14.5 Å². The van der Waals surface area contributed by atoms with Crippen LogP contribution in [0.5, 0.6) is 0 Å². The van der Waals surface area contributed by atoms with Crippen molar-refractivity contribution in [2.45, 2.75) is 19.9 Å². The maximum atomic E-state index is 13.3. The Morgan fingerprint density at radius 2 is 2.15 bits per heavy atom. The smallest absolute Gasteiger partial charge is 0.295 e. The van der Waals surface area contributed by atoms with Gasteiger partial charge in [0.25, 0.3) is 5.69 Å². The first-order valence-electron chi connectivity index (χ1n) is 5.85. The predicted octanol–water partition coefficient (Wildman–Crippen LogP) is 4.46. The molecule has 0 saturated carbocycles. The topological polar surface area (TPSA) is 68.3 Å². The summed E-state index contributed by atoms with van der Waals surface area (Å²) in [4.78, 5) is 10.3. The van der Waals surface area contributed by atoms with E-state index in [4.69, 9.17) is 16.0 Å². The summed E-state index contributed by atoms with van der Waals surface area (Å²) in [5.41, 5.74) is -0.231. The molecule has 0 aliphatic rings. The van der Waals surface area contributed by atoms with Gasteiger partial charge in [0.1, 0.15) is 23.0 Å². The molecule has 0 bridgehead atoms. The van der Waals surface area contributed by atoms with Crippen LogP contribution in [0.4, 0.5) is 15.8 Å². The van der Waals surface area contributed by atoms with E-state index in [0.29, 0.717) is 5.76 Å². The maximum absolute atomic E-state index is 13.3. The van der Waals surface area contributed by atoms with E-state index in [2.05, 4.69) is 5.32 Å². The molecule has 0 spiro atoms. The van der Waals surface area contributed by atoms with E-state index in [1.54, 1.807) is 26.0 Å². The third-order valence-corrected chi connectivity index (χ3v) is 3.08. The molecule has 1 aromatic heterocycles. The summed E-state index contributed by atoms with van der Waals surface area (Å²) in [6.07, 6.45) is 0. The first kappa shape index (κ1) is 14.3. The van der Waals surface area contributed by atoms with Crippen molar-refractivity contribution in [2.75, 3.05) is 5.32 Å². The Morgan fingerprint density at radius 3 is 2.70 bits per heavy atom. The molecule has 1 N–H and O–H groups in total. The molecular formula is C13H12ClFN2O3. The van der Waals surface area contributed by atoms with Gasteiger partial charge in [-0.05, 0) is 32.0 Å². The fourth-order valence-corrected chi connectivity index (χ4v) is 1.96. The van der Waals surface area contributed by atoms with Gasteiger partial charge in [-0.3, -0.25) is 10.1 Å². The fourth-order valence-electron chi connectivity index (χ4n) is 1.79. The number of halogens is 2. The molecule has 0 aliphatic heterocycles. The average Bonchev–Trinajstić information content (AvgIpc) is 2.80. The zero-order valence-corrected chi connectivity index (χ0v) is 11.6. The van der Waals surface area contributed by atoms with E-state index in [0.717, 1.165) is 11.8 Å². The largest absolute Gasteiger partial charge is 0.464 e. The molecular weight excluding hydrogens is 287 g/mol. The van der Waals surface area contributed by atoms with Crippen LogP contribution in [0.1, 0.15) is 24.5 Å². The Morgan fingerprint density at radius 1 is 1.45 bits per heavy atom.